The summed E-state index contributed by atoms with van der Waals surface area (Å²) < 4.78 is 59.0. The number of nitrogens with zero attached hydrogens (tertiary/aromatic N) is 3. The van der Waals surface area contributed by atoms with Crippen LogP contribution in [0.4, 0.5) is 19.6 Å². The highest BCUT2D eigenvalue weighted by molar-refractivity contribution is 6.64. The molecule has 2 aromatic rings. The Hall–Kier alpha value is -2.64. The number of piperazine rings is 1. The summed E-state index contributed by atoms with van der Waals surface area (Å²) in [5.41, 5.74) is -3.64. The number of oxazole rings is 1. The van der Waals surface area contributed by atoms with Gasteiger partial charge in [-0.3, -0.25) is 4.90 Å². The second-order valence-corrected chi connectivity index (χ2v) is 13.8. The maximum Gasteiger partial charge on any atom is 0.498 e. The van der Waals surface area contributed by atoms with Crippen LogP contribution in [0.25, 0.3) is 11.1 Å². The molecule has 1 aromatic heterocycles. The monoisotopic (exact) mass is 579 g/mol. The van der Waals surface area contributed by atoms with E-state index >= 15 is 0 Å². The first kappa shape index (κ1) is 29.8. The molecule has 0 aliphatic carbocycles. The molecule has 0 saturated carbocycles. The number of aromatic nitrogens is 1. The maximum absolute atomic E-state index is 14.8. The lowest BCUT2D eigenvalue weighted by molar-refractivity contribution is -0.275. The fraction of sp³-hybridized carbons (Fsp3) is 0.714. The Bertz CT molecular complexity index is 1300. The van der Waals surface area contributed by atoms with Gasteiger partial charge in [0.1, 0.15) is 5.60 Å². The largest absolute Gasteiger partial charge is 0.498 e. The van der Waals surface area contributed by atoms with E-state index in [0.717, 1.165) is 26.7 Å². The van der Waals surface area contributed by atoms with Crippen molar-refractivity contribution in [1.29, 1.82) is 0 Å². The van der Waals surface area contributed by atoms with Gasteiger partial charge in [0.05, 0.1) is 23.3 Å². The number of aliphatic hydroxyl groups is 1. The molecule has 0 radical (unpaired) electrons. The summed E-state index contributed by atoms with van der Waals surface area (Å²) in [5, 5.41) is 10.0. The third kappa shape index (κ3) is 5.36. The van der Waals surface area contributed by atoms with Crippen molar-refractivity contribution in [3.8, 4) is 5.75 Å². The Kier molecular flexibility index (Phi) is 6.87. The number of anilines is 1. The van der Waals surface area contributed by atoms with Crippen LogP contribution in [0.15, 0.2) is 16.5 Å². The lowest BCUT2D eigenvalue weighted by atomic mass is 9.78. The average Bonchev–Trinajstić information content (AvgIpc) is 3.42. The fourth-order valence-corrected chi connectivity index (χ4v) is 5.30. The zero-order valence-electron chi connectivity index (χ0n) is 25.2. The smallest absolute Gasteiger partial charge is 0.444 e. The molecule has 226 valence electrons. The Labute approximate surface area is 239 Å². The van der Waals surface area contributed by atoms with E-state index in [1.807, 2.05) is 53.4 Å². The molecule has 1 N–H and O–H groups in total. The van der Waals surface area contributed by atoms with E-state index in [0.29, 0.717) is 18.6 Å². The van der Waals surface area contributed by atoms with Gasteiger partial charge in [-0.05, 0) is 81.2 Å². The molecule has 3 aliphatic heterocycles. The quantitative estimate of drug-likeness (QED) is 0.514. The molecule has 2 unspecified atom stereocenters. The Morgan fingerprint density at radius 2 is 1.61 bits per heavy atom. The molecule has 3 saturated heterocycles. The summed E-state index contributed by atoms with van der Waals surface area (Å²) in [6.07, 6.45) is -2.67. The van der Waals surface area contributed by atoms with Crippen LogP contribution in [-0.4, -0.2) is 81.9 Å². The number of hydrogen-bond donors (Lipinski definition) is 1. The molecular formula is C28H40BF2N3O7. The van der Waals surface area contributed by atoms with Crippen LogP contribution in [0.2, 0.25) is 0 Å². The number of fused-ring (bicyclic) bond motifs is 3. The SMILES string of the molecule is CC(C)(C)OC(=O)N1C2CCC1CN(c1nc3c(OC(F)(F)C(C)(C)O)ccc(B4OC(C)(C)C(C)(C)O4)c3o1)C2. The first-order chi connectivity index (χ1) is 18.7. The molecule has 13 heteroatoms. The van der Waals surface area contributed by atoms with Crippen LogP contribution < -0.4 is 15.1 Å². The number of halogens is 2. The molecule has 0 spiro atoms. The van der Waals surface area contributed by atoms with Gasteiger partial charge < -0.3 is 33.2 Å². The third-order valence-corrected chi connectivity index (χ3v) is 8.34. The number of benzene rings is 1. The third-order valence-electron chi connectivity index (χ3n) is 8.34. The Morgan fingerprint density at radius 1 is 1.05 bits per heavy atom. The second kappa shape index (κ2) is 9.44. The number of rotatable bonds is 5. The maximum atomic E-state index is 14.8. The highest BCUT2D eigenvalue weighted by Crippen LogP contribution is 2.41. The van der Waals surface area contributed by atoms with E-state index < -0.39 is 35.6 Å². The molecule has 1 amide bonds. The normalized spacial score (nSPS) is 24.3. The van der Waals surface area contributed by atoms with Crippen LogP contribution in [0.1, 0.15) is 75.2 Å². The first-order valence-corrected chi connectivity index (χ1v) is 14.0. The number of ether oxygens (including phenoxy) is 2. The zero-order chi connectivity index (χ0) is 30.3. The van der Waals surface area contributed by atoms with E-state index in [4.69, 9.17) is 23.2 Å². The molecule has 5 rings (SSSR count). The van der Waals surface area contributed by atoms with Crippen LogP contribution in [0, 0.1) is 0 Å². The lowest BCUT2D eigenvalue weighted by Gasteiger charge is -2.40. The minimum atomic E-state index is -3.91. The van der Waals surface area contributed by atoms with Gasteiger partial charge in [0, 0.05) is 18.6 Å². The first-order valence-electron chi connectivity index (χ1n) is 14.0. The number of amides is 1. The van der Waals surface area contributed by atoms with Gasteiger partial charge in [-0.2, -0.15) is 13.8 Å². The minimum absolute atomic E-state index is 0.0538. The Balaban J connectivity index is 1.51. The van der Waals surface area contributed by atoms with E-state index in [-0.39, 0.29) is 41.0 Å². The molecule has 3 aliphatic rings. The molecule has 2 bridgehead atoms. The predicted octanol–water partition coefficient (Wildman–Crippen LogP) is 4.46. The average molecular weight is 579 g/mol. The highest BCUT2D eigenvalue weighted by Gasteiger charge is 2.54. The van der Waals surface area contributed by atoms with Gasteiger partial charge in [0.15, 0.2) is 22.5 Å². The molecule has 2 atom stereocenters. The summed E-state index contributed by atoms with van der Waals surface area (Å²) in [6, 6.07) is 2.90. The molecule has 10 nitrogen and oxygen atoms in total. The van der Waals surface area contributed by atoms with Gasteiger partial charge in [-0.15, -0.1) is 0 Å². The van der Waals surface area contributed by atoms with Gasteiger partial charge >= 0.3 is 19.3 Å². The van der Waals surface area contributed by atoms with Crippen molar-refractivity contribution in [3.63, 3.8) is 0 Å². The number of carbonyl (C=O) groups is 1. The molecule has 3 fully saturated rings. The van der Waals surface area contributed by atoms with Crippen LogP contribution in [-0.2, 0) is 14.0 Å². The highest BCUT2D eigenvalue weighted by atomic mass is 19.3. The summed E-state index contributed by atoms with van der Waals surface area (Å²) in [6.45, 7) is 16.0. The number of hydrogen-bond acceptors (Lipinski definition) is 9. The van der Waals surface area contributed by atoms with E-state index in [1.165, 1.54) is 6.07 Å². The van der Waals surface area contributed by atoms with Crippen LogP contribution in [0.5, 0.6) is 5.75 Å². The molecule has 4 heterocycles. The van der Waals surface area contributed by atoms with Crippen molar-refractivity contribution in [1.82, 2.24) is 9.88 Å². The van der Waals surface area contributed by atoms with Gasteiger partial charge in [0.25, 0.3) is 6.01 Å². The predicted molar refractivity (Wildman–Crippen MR) is 149 cm³/mol. The van der Waals surface area contributed by atoms with Crippen molar-refractivity contribution in [3.05, 3.63) is 12.1 Å². The lowest BCUT2D eigenvalue weighted by Crippen LogP contribution is -2.56. The summed E-state index contributed by atoms with van der Waals surface area (Å²) >= 11 is 0. The minimum Gasteiger partial charge on any atom is -0.444 e. The summed E-state index contributed by atoms with van der Waals surface area (Å²) in [4.78, 5) is 21.2. The standard InChI is InChI=1S/C28H40BF2N3O7/c1-24(2,3)39-23(35)34-16-10-11-17(34)15-33(14-16)22-32-20-19(38-28(30,31)25(4,5)36)13-12-18(21(20)37-22)29-40-26(6,7)27(8,9)41-29/h12-13,16-17,36H,10-11,14-15H2,1-9H3. The van der Waals surface area contributed by atoms with Crippen molar-refractivity contribution in [2.75, 3.05) is 18.0 Å². The molecule has 1 aromatic carbocycles. The zero-order valence-corrected chi connectivity index (χ0v) is 25.2. The van der Waals surface area contributed by atoms with Gasteiger partial charge in [-0.1, -0.05) is 6.07 Å². The van der Waals surface area contributed by atoms with Gasteiger partial charge in [0.2, 0.25) is 0 Å². The van der Waals surface area contributed by atoms with Crippen molar-refractivity contribution >= 4 is 35.8 Å². The Morgan fingerprint density at radius 3 is 2.12 bits per heavy atom. The fourth-order valence-electron chi connectivity index (χ4n) is 5.30. The molecular weight excluding hydrogens is 539 g/mol. The van der Waals surface area contributed by atoms with E-state index in [1.54, 1.807) is 11.0 Å². The summed E-state index contributed by atoms with van der Waals surface area (Å²) in [5.74, 6) is -0.252. The summed E-state index contributed by atoms with van der Waals surface area (Å²) in [7, 11) is -0.840. The van der Waals surface area contributed by atoms with Crippen molar-refractivity contribution in [2.45, 2.75) is 116 Å². The van der Waals surface area contributed by atoms with Gasteiger partial charge in [-0.25, -0.2) is 4.79 Å². The van der Waals surface area contributed by atoms with Crippen LogP contribution in [0.3, 0.4) is 0 Å². The second-order valence-electron chi connectivity index (χ2n) is 13.8. The molecule has 41 heavy (non-hydrogen) atoms. The van der Waals surface area contributed by atoms with Crippen LogP contribution >= 0.6 is 0 Å². The number of alkyl halides is 2. The van der Waals surface area contributed by atoms with Crippen molar-refractivity contribution in [2.24, 2.45) is 0 Å². The van der Waals surface area contributed by atoms with Crippen molar-refractivity contribution < 1.29 is 41.9 Å². The number of carbonyl (C=O) groups excluding carboxylic acids is 1. The topological polar surface area (TPSA) is 107 Å². The van der Waals surface area contributed by atoms with E-state index in [2.05, 4.69) is 4.98 Å². The van der Waals surface area contributed by atoms with E-state index in [9.17, 15) is 18.7 Å².